The third kappa shape index (κ3) is 3.76. The van der Waals surface area contributed by atoms with Crippen LogP contribution < -0.4 is 15.2 Å². The molecule has 2 aliphatic rings. The summed E-state index contributed by atoms with van der Waals surface area (Å²) in [6, 6.07) is 20.0. The van der Waals surface area contributed by atoms with Crippen LogP contribution in [0, 0.1) is 52.2 Å². The van der Waals surface area contributed by atoms with E-state index in [-0.39, 0.29) is 23.8 Å². The van der Waals surface area contributed by atoms with Gasteiger partial charge in [-0.25, -0.2) is 0 Å². The minimum Gasteiger partial charge on any atom is -0.496 e. The molecule has 6 nitrogen and oxygen atoms in total. The van der Waals surface area contributed by atoms with Crippen molar-refractivity contribution >= 4 is 0 Å². The molecule has 0 bridgehead atoms. The Bertz CT molecular complexity index is 1270. The number of hydrogen-bond donors (Lipinski definition) is 1. The zero-order chi connectivity index (χ0) is 24.3. The lowest BCUT2D eigenvalue weighted by atomic mass is 9.56. The quantitative estimate of drug-likeness (QED) is 0.671. The Hall–Kier alpha value is -4.21. The molecule has 0 spiro atoms. The summed E-state index contributed by atoms with van der Waals surface area (Å²) in [7, 11) is 1.60. The first-order valence-corrected chi connectivity index (χ1v) is 11.3. The standard InChI is InChI=1S/C28H26N4O2/c1-18-7-10-21(11-8-18)34-15-20-13-19(9-12-25(20)33-2)26-23-6-4-3-5-22(23)24(14-29)27(32)28(26,16-30)17-31/h5,7-13,23,26H,3-4,6,15,32H2,1-2H3/t23-,26-/m1/s1. The summed E-state index contributed by atoms with van der Waals surface area (Å²) >= 11 is 0. The Morgan fingerprint density at radius 2 is 1.82 bits per heavy atom. The molecule has 6 heteroatoms. The van der Waals surface area contributed by atoms with E-state index in [1.54, 1.807) is 7.11 Å². The van der Waals surface area contributed by atoms with Gasteiger partial charge in [0.05, 0.1) is 30.5 Å². The van der Waals surface area contributed by atoms with E-state index in [1.165, 1.54) is 0 Å². The third-order valence-electron chi connectivity index (χ3n) is 6.88. The van der Waals surface area contributed by atoms with Gasteiger partial charge in [0.1, 0.15) is 24.2 Å². The number of hydrogen-bond acceptors (Lipinski definition) is 6. The fourth-order valence-electron chi connectivity index (χ4n) is 5.15. The van der Waals surface area contributed by atoms with Crippen LogP contribution in [-0.2, 0) is 6.61 Å². The highest BCUT2D eigenvalue weighted by atomic mass is 16.5. The van der Waals surface area contributed by atoms with Crippen molar-refractivity contribution in [2.24, 2.45) is 17.1 Å². The summed E-state index contributed by atoms with van der Waals surface area (Å²) in [4.78, 5) is 0. The number of fused-ring (bicyclic) bond motifs is 1. The van der Waals surface area contributed by atoms with Gasteiger partial charge in [0.25, 0.3) is 0 Å². The lowest BCUT2D eigenvalue weighted by Crippen LogP contribution is -2.42. The van der Waals surface area contributed by atoms with Crippen LogP contribution in [0.15, 0.2) is 65.4 Å². The number of nitriles is 3. The number of methoxy groups -OCH3 is 1. The van der Waals surface area contributed by atoms with Crippen molar-refractivity contribution in [1.82, 2.24) is 0 Å². The van der Waals surface area contributed by atoms with Crippen LogP contribution >= 0.6 is 0 Å². The largest absolute Gasteiger partial charge is 0.496 e. The molecule has 0 saturated carbocycles. The highest BCUT2D eigenvalue weighted by molar-refractivity contribution is 5.59. The van der Waals surface area contributed by atoms with Gasteiger partial charge in [0, 0.05) is 11.5 Å². The number of nitrogens with two attached hydrogens (primary N) is 1. The zero-order valence-electron chi connectivity index (χ0n) is 19.3. The fraction of sp³-hybridized carbons (Fsp3) is 0.321. The van der Waals surface area contributed by atoms with Gasteiger partial charge in [-0.1, -0.05) is 29.8 Å². The Labute approximate surface area is 200 Å². The highest BCUT2D eigenvalue weighted by Crippen LogP contribution is 2.56. The van der Waals surface area contributed by atoms with E-state index in [4.69, 9.17) is 15.2 Å². The van der Waals surface area contributed by atoms with Crippen molar-refractivity contribution in [1.29, 1.82) is 15.8 Å². The van der Waals surface area contributed by atoms with Gasteiger partial charge < -0.3 is 15.2 Å². The Morgan fingerprint density at radius 3 is 2.47 bits per heavy atom. The van der Waals surface area contributed by atoms with Crippen molar-refractivity contribution in [3.8, 4) is 29.7 Å². The molecule has 0 radical (unpaired) electrons. The monoisotopic (exact) mass is 450 g/mol. The van der Waals surface area contributed by atoms with E-state index in [2.05, 4.69) is 18.2 Å². The fourth-order valence-corrected chi connectivity index (χ4v) is 5.15. The lowest BCUT2D eigenvalue weighted by molar-refractivity contribution is 0.294. The molecule has 2 N–H and O–H groups in total. The molecule has 34 heavy (non-hydrogen) atoms. The van der Waals surface area contributed by atoms with E-state index < -0.39 is 11.3 Å². The van der Waals surface area contributed by atoms with Crippen LogP contribution in [0.25, 0.3) is 0 Å². The number of aryl methyl sites for hydroxylation is 1. The van der Waals surface area contributed by atoms with E-state index in [0.29, 0.717) is 5.75 Å². The van der Waals surface area contributed by atoms with E-state index in [0.717, 1.165) is 47.3 Å². The molecule has 0 amide bonds. The number of benzene rings is 2. The second-order valence-corrected chi connectivity index (χ2v) is 8.78. The summed E-state index contributed by atoms with van der Waals surface area (Å²) in [5.74, 6) is 0.749. The van der Waals surface area contributed by atoms with Gasteiger partial charge in [-0.2, -0.15) is 15.8 Å². The number of nitrogens with zero attached hydrogens (tertiary/aromatic N) is 3. The summed E-state index contributed by atoms with van der Waals surface area (Å²) in [6.45, 7) is 2.28. The highest BCUT2D eigenvalue weighted by Gasteiger charge is 2.53. The molecule has 0 aliphatic heterocycles. The van der Waals surface area contributed by atoms with Gasteiger partial charge >= 0.3 is 0 Å². The van der Waals surface area contributed by atoms with Crippen molar-refractivity contribution in [2.75, 3.05) is 7.11 Å². The van der Waals surface area contributed by atoms with E-state index in [9.17, 15) is 15.8 Å². The zero-order valence-corrected chi connectivity index (χ0v) is 19.3. The predicted molar refractivity (Wildman–Crippen MR) is 127 cm³/mol. The van der Waals surface area contributed by atoms with Gasteiger partial charge in [0.15, 0.2) is 5.41 Å². The molecular formula is C28H26N4O2. The molecule has 0 fully saturated rings. The van der Waals surface area contributed by atoms with Crippen LogP contribution in [0.4, 0.5) is 0 Å². The van der Waals surface area contributed by atoms with E-state index in [1.807, 2.05) is 55.5 Å². The van der Waals surface area contributed by atoms with Crippen molar-refractivity contribution in [3.63, 3.8) is 0 Å². The Balaban J connectivity index is 1.80. The second-order valence-electron chi connectivity index (χ2n) is 8.78. The molecule has 0 heterocycles. The third-order valence-corrected chi connectivity index (χ3v) is 6.88. The smallest absolute Gasteiger partial charge is 0.191 e. The SMILES string of the molecule is COc1ccc([C@@H]2[C@@H]3CCCC=C3C(C#N)=C(N)C2(C#N)C#N)cc1COc1ccc(C)cc1. The normalized spacial score (nSPS) is 20.7. The Kier molecular flexibility index (Phi) is 6.31. The maximum atomic E-state index is 10.2. The van der Waals surface area contributed by atoms with Gasteiger partial charge in [0.2, 0.25) is 0 Å². The van der Waals surface area contributed by atoms with Gasteiger partial charge in [-0.3, -0.25) is 0 Å². The number of rotatable bonds is 5. The van der Waals surface area contributed by atoms with Crippen molar-refractivity contribution in [3.05, 3.63) is 82.1 Å². The summed E-state index contributed by atoms with van der Waals surface area (Å²) in [6.07, 6.45) is 4.59. The van der Waals surface area contributed by atoms with Crippen molar-refractivity contribution in [2.45, 2.75) is 38.7 Å². The van der Waals surface area contributed by atoms with Crippen LogP contribution in [0.3, 0.4) is 0 Å². The minimum atomic E-state index is -1.63. The van der Waals surface area contributed by atoms with Gasteiger partial charge in [-0.05, 0) is 67.5 Å². The molecule has 2 atom stereocenters. The summed E-state index contributed by atoms with van der Waals surface area (Å²) in [5, 5.41) is 30.3. The van der Waals surface area contributed by atoms with E-state index >= 15 is 0 Å². The maximum Gasteiger partial charge on any atom is 0.191 e. The van der Waals surface area contributed by atoms with Crippen LogP contribution in [0.1, 0.15) is 41.9 Å². The summed E-state index contributed by atoms with van der Waals surface area (Å²) < 4.78 is 11.6. The number of allylic oxidation sites excluding steroid dienone is 4. The number of ether oxygens (including phenoxy) is 2. The average molecular weight is 451 g/mol. The van der Waals surface area contributed by atoms with Crippen LogP contribution in [0.5, 0.6) is 11.5 Å². The molecule has 2 aromatic rings. The maximum absolute atomic E-state index is 10.2. The molecule has 170 valence electrons. The van der Waals surface area contributed by atoms with Crippen molar-refractivity contribution < 1.29 is 9.47 Å². The predicted octanol–water partition coefficient (Wildman–Crippen LogP) is 5.18. The topological polar surface area (TPSA) is 116 Å². The first-order valence-electron chi connectivity index (χ1n) is 11.3. The molecule has 2 aliphatic carbocycles. The lowest BCUT2D eigenvalue weighted by Gasteiger charge is -2.43. The first kappa shape index (κ1) is 23.0. The minimum absolute atomic E-state index is 0.0441. The molecule has 4 rings (SSSR count). The van der Waals surface area contributed by atoms with Crippen LogP contribution in [0.2, 0.25) is 0 Å². The molecule has 0 saturated heterocycles. The summed E-state index contributed by atoms with van der Waals surface area (Å²) in [5.41, 5.74) is 8.69. The Morgan fingerprint density at radius 1 is 1.09 bits per heavy atom. The molecule has 0 aromatic heterocycles. The molecule has 2 aromatic carbocycles. The molecule has 0 unspecified atom stereocenters. The van der Waals surface area contributed by atoms with Crippen LogP contribution in [-0.4, -0.2) is 7.11 Å². The molecular weight excluding hydrogens is 424 g/mol. The second kappa shape index (κ2) is 9.34. The average Bonchev–Trinajstić information content (AvgIpc) is 2.87. The van der Waals surface area contributed by atoms with Gasteiger partial charge in [-0.15, -0.1) is 0 Å². The first-order chi connectivity index (χ1) is 16.5.